The fraction of sp³-hybridized carbons (Fsp3) is 0.625. The number of hydrogen-bond acceptors (Lipinski definition) is 4. The summed E-state index contributed by atoms with van der Waals surface area (Å²) in [6.45, 7) is 8.75. The highest BCUT2D eigenvalue weighted by atomic mass is 16.5. The van der Waals surface area contributed by atoms with Gasteiger partial charge in [0.05, 0.1) is 18.3 Å². The molecule has 0 fully saturated rings. The van der Waals surface area contributed by atoms with Crippen LogP contribution in [0.1, 0.15) is 45.3 Å². The summed E-state index contributed by atoms with van der Waals surface area (Å²) < 4.78 is 6.02. The number of benzene rings is 1. The average Bonchev–Trinajstić information content (AvgIpc) is 2.42. The second-order valence-electron chi connectivity index (χ2n) is 6.05. The Bertz CT molecular complexity index is 460. The Balaban J connectivity index is 2.26. The number of aliphatic hydroxyl groups is 1. The van der Waals surface area contributed by atoms with E-state index in [1.54, 1.807) is 0 Å². The third-order valence-electron chi connectivity index (χ3n) is 3.73. The lowest BCUT2D eigenvalue weighted by Gasteiger charge is -2.40. The van der Waals surface area contributed by atoms with Gasteiger partial charge in [-0.05, 0) is 57.9 Å². The highest BCUT2D eigenvalue weighted by Gasteiger charge is 2.31. The Labute approximate surface area is 121 Å². The lowest BCUT2D eigenvalue weighted by atomic mass is 10.0. The summed E-state index contributed by atoms with van der Waals surface area (Å²) in [5, 5.41) is 10.2. The summed E-state index contributed by atoms with van der Waals surface area (Å²) in [6.07, 6.45) is 1.09. The molecule has 0 aromatic heterocycles. The summed E-state index contributed by atoms with van der Waals surface area (Å²) >= 11 is 0. The van der Waals surface area contributed by atoms with E-state index >= 15 is 0 Å². The van der Waals surface area contributed by atoms with Crippen LogP contribution in [0, 0.1) is 0 Å². The van der Waals surface area contributed by atoms with Gasteiger partial charge in [0.1, 0.15) is 11.4 Å². The molecule has 3 N–H and O–H groups in total. The van der Waals surface area contributed by atoms with Crippen molar-refractivity contribution in [1.29, 1.82) is 0 Å². The fourth-order valence-corrected chi connectivity index (χ4v) is 2.71. The highest BCUT2D eigenvalue weighted by Crippen LogP contribution is 2.38. The molecule has 1 atom stereocenters. The van der Waals surface area contributed by atoms with E-state index in [1.165, 1.54) is 0 Å². The molecule has 0 aliphatic carbocycles. The number of aliphatic hydroxyl groups excluding tert-OH is 1. The van der Waals surface area contributed by atoms with Gasteiger partial charge in [0, 0.05) is 6.54 Å². The Hall–Kier alpha value is -1.26. The van der Waals surface area contributed by atoms with Crippen LogP contribution in [0.3, 0.4) is 0 Å². The van der Waals surface area contributed by atoms with Crippen LogP contribution in [0.4, 0.5) is 5.69 Å². The predicted octanol–water partition coefficient (Wildman–Crippen LogP) is 2.46. The Morgan fingerprint density at radius 3 is 2.85 bits per heavy atom. The number of fused-ring (bicyclic) bond motifs is 1. The van der Waals surface area contributed by atoms with Crippen molar-refractivity contribution in [2.75, 3.05) is 24.5 Å². The van der Waals surface area contributed by atoms with Gasteiger partial charge in [0.25, 0.3) is 0 Å². The highest BCUT2D eigenvalue weighted by molar-refractivity contribution is 5.62. The minimum atomic E-state index is -0.447. The first-order valence-corrected chi connectivity index (χ1v) is 7.43. The van der Waals surface area contributed by atoms with E-state index in [0.717, 1.165) is 36.5 Å². The molecule has 0 saturated heterocycles. The summed E-state index contributed by atoms with van der Waals surface area (Å²) in [7, 11) is 0. The molecule has 0 spiro atoms. The van der Waals surface area contributed by atoms with Crippen LogP contribution in [-0.2, 0) is 0 Å². The maximum absolute atomic E-state index is 10.2. The fourth-order valence-electron chi connectivity index (χ4n) is 2.71. The van der Waals surface area contributed by atoms with Crippen LogP contribution >= 0.6 is 0 Å². The number of rotatable bonds is 5. The van der Waals surface area contributed by atoms with E-state index in [0.29, 0.717) is 13.0 Å². The smallest absolute Gasteiger partial charge is 0.143 e. The number of ether oxygens (including phenoxy) is 1. The van der Waals surface area contributed by atoms with Crippen LogP contribution < -0.4 is 15.4 Å². The molecule has 0 amide bonds. The number of nitrogens with two attached hydrogens (primary N) is 1. The SMILES string of the molecule is CCN1CC(C)(C)Oc2ccc(C(O)CCCN)cc21. The molecule has 4 heteroatoms. The number of hydrogen-bond donors (Lipinski definition) is 2. The van der Waals surface area contributed by atoms with Crippen molar-refractivity contribution < 1.29 is 9.84 Å². The number of likely N-dealkylation sites (N-methyl/N-ethyl adjacent to an activating group) is 1. The number of nitrogens with zero attached hydrogens (tertiary/aromatic N) is 1. The first kappa shape index (κ1) is 15.1. The van der Waals surface area contributed by atoms with E-state index in [2.05, 4.69) is 31.7 Å². The van der Waals surface area contributed by atoms with Crippen molar-refractivity contribution in [2.45, 2.75) is 45.3 Å². The third kappa shape index (κ3) is 3.25. The van der Waals surface area contributed by atoms with E-state index in [1.807, 2.05) is 12.1 Å². The molecule has 0 radical (unpaired) electrons. The molecule has 1 heterocycles. The first-order chi connectivity index (χ1) is 9.46. The largest absolute Gasteiger partial charge is 0.484 e. The summed E-state index contributed by atoms with van der Waals surface area (Å²) in [5.41, 5.74) is 7.35. The molecule has 2 rings (SSSR count). The zero-order valence-corrected chi connectivity index (χ0v) is 12.7. The lowest BCUT2D eigenvalue weighted by molar-refractivity contribution is 0.105. The van der Waals surface area contributed by atoms with Crippen LogP contribution in [-0.4, -0.2) is 30.3 Å². The van der Waals surface area contributed by atoms with Crippen LogP contribution in [0.25, 0.3) is 0 Å². The zero-order chi connectivity index (χ0) is 14.8. The van der Waals surface area contributed by atoms with Crippen molar-refractivity contribution in [3.63, 3.8) is 0 Å². The van der Waals surface area contributed by atoms with Gasteiger partial charge in [-0.1, -0.05) is 6.07 Å². The molecule has 1 aliphatic heterocycles. The Morgan fingerprint density at radius 2 is 2.20 bits per heavy atom. The van der Waals surface area contributed by atoms with Crippen molar-refractivity contribution in [3.05, 3.63) is 23.8 Å². The quantitative estimate of drug-likeness (QED) is 0.868. The minimum Gasteiger partial charge on any atom is -0.484 e. The van der Waals surface area contributed by atoms with Crippen LogP contribution in [0.2, 0.25) is 0 Å². The second kappa shape index (κ2) is 6.02. The molecule has 20 heavy (non-hydrogen) atoms. The zero-order valence-electron chi connectivity index (χ0n) is 12.7. The Morgan fingerprint density at radius 1 is 1.45 bits per heavy atom. The molecule has 0 bridgehead atoms. The molecule has 1 unspecified atom stereocenters. The first-order valence-electron chi connectivity index (χ1n) is 7.43. The molecule has 4 nitrogen and oxygen atoms in total. The molecular weight excluding hydrogens is 252 g/mol. The number of anilines is 1. The van der Waals surface area contributed by atoms with Gasteiger partial charge in [0.2, 0.25) is 0 Å². The van der Waals surface area contributed by atoms with Crippen LogP contribution in [0.15, 0.2) is 18.2 Å². The third-order valence-corrected chi connectivity index (χ3v) is 3.73. The standard InChI is InChI=1S/C16H26N2O2/c1-4-18-11-16(2,3)20-15-8-7-12(10-13(15)18)14(19)6-5-9-17/h7-8,10,14,19H,4-6,9,11,17H2,1-3H3. The minimum absolute atomic E-state index is 0.178. The lowest BCUT2D eigenvalue weighted by Crippen LogP contribution is -2.46. The molecule has 1 aliphatic rings. The normalized spacial score (nSPS) is 18.4. The van der Waals surface area contributed by atoms with Crippen LogP contribution in [0.5, 0.6) is 5.75 Å². The van der Waals surface area contributed by atoms with Gasteiger partial charge < -0.3 is 20.5 Å². The van der Waals surface area contributed by atoms with Gasteiger partial charge in [-0.25, -0.2) is 0 Å². The van der Waals surface area contributed by atoms with Crippen molar-refractivity contribution >= 4 is 5.69 Å². The molecular formula is C16H26N2O2. The van der Waals surface area contributed by atoms with E-state index in [9.17, 15) is 5.11 Å². The van der Waals surface area contributed by atoms with Gasteiger partial charge in [-0.2, -0.15) is 0 Å². The van der Waals surface area contributed by atoms with Crippen molar-refractivity contribution in [1.82, 2.24) is 0 Å². The summed E-state index contributed by atoms with van der Waals surface area (Å²) in [5.74, 6) is 0.901. The van der Waals surface area contributed by atoms with E-state index in [4.69, 9.17) is 10.5 Å². The van der Waals surface area contributed by atoms with Gasteiger partial charge >= 0.3 is 0 Å². The molecule has 0 saturated carbocycles. The Kier molecular flexibility index (Phi) is 4.55. The summed E-state index contributed by atoms with van der Waals surface area (Å²) in [4.78, 5) is 2.30. The van der Waals surface area contributed by atoms with E-state index in [-0.39, 0.29) is 5.60 Å². The monoisotopic (exact) mass is 278 g/mol. The molecule has 1 aromatic rings. The maximum Gasteiger partial charge on any atom is 0.143 e. The predicted molar refractivity (Wildman–Crippen MR) is 82.3 cm³/mol. The maximum atomic E-state index is 10.2. The average molecular weight is 278 g/mol. The molecule has 112 valence electrons. The van der Waals surface area contributed by atoms with Crippen molar-refractivity contribution in [3.8, 4) is 5.75 Å². The summed E-state index contributed by atoms with van der Waals surface area (Å²) in [6, 6.07) is 5.98. The van der Waals surface area contributed by atoms with Gasteiger partial charge in [0.15, 0.2) is 0 Å². The van der Waals surface area contributed by atoms with Gasteiger partial charge in [-0.15, -0.1) is 0 Å². The topological polar surface area (TPSA) is 58.7 Å². The van der Waals surface area contributed by atoms with Crippen molar-refractivity contribution in [2.24, 2.45) is 5.73 Å². The second-order valence-corrected chi connectivity index (χ2v) is 6.05. The molecule has 1 aromatic carbocycles. The van der Waals surface area contributed by atoms with E-state index < -0.39 is 6.10 Å². The van der Waals surface area contributed by atoms with Gasteiger partial charge in [-0.3, -0.25) is 0 Å².